The Kier molecular flexibility index (Phi) is 7.92. The second-order valence-corrected chi connectivity index (χ2v) is 9.63. The summed E-state index contributed by atoms with van der Waals surface area (Å²) in [6.45, 7) is 0. The maximum Gasteiger partial charge on any atom is 0.346 e. The number of hydrogen-bond donors (Lipinski definition) is 1. The Hall–Kier alpha value is -6.09. The molecule has 0 unspecified atom stereocenters. The molecule has 1 amide bonds. The molecule has 6 aromatic rings. The van der Waals surface area contributed by atoms with Crippen molar-refractivity contribution >= 4 is 17.7 Å². The summed E-state index contributed by atoms with van der Waals surface area (Å²) in [7, 11) is 0. The Morgan fingerprint density at radius 3 is 1.80 bits per heavy atom. The van der Waals surface area contributed by atoms with Crippen molar-refractivity contribution in [1.82, 2.24) is 9.78 Å². The van der Waals surface area contributed by atoms with Gasteiger partial charge in [-0.05, 0) is 103 Å². The van der Waals surface area contributed by atoms with Crippen LogP contribution in [0.25, 0.3) is 22.4 Å². The molecular weight excluding hydrogens is 564 g/mol. The van der Waals surface area contributed by atoms with Crippen LogP contribution in [0.1, 0.15) is 10.4 Å². The van der Waals surface area contributed by atoms with E-state index >= 15 is 0 Å². The zero-order valence-corrected chi connectivity index (χ0v) is 23.0. The first-order valence-electron chi connectivity index (χ1n) is 13.5. The molecule has 9 heteroatoms. The summed E-state index contributed by atoms with van der Waals surface area (Å²) < 4.78 is 39.5. The van der Waals surface area contributed by atoms with Gasteiger partial charge in [-0.15, -0.1) is 0 Å². The fourth-order valence-corrected chi connectivity index (χ4v) is 4.38. The van der Waals surface area contributed by atoms with Gasteiger partial charge in [-0.2, -0.15) is 9.78 Å². The number of rotatable bonds is 7. The fraction of sp³-hybridized carbons (Fsp3) is 0. The normalized spacial score (nSPS) is 10.7. The first-order valence-corrected chi connectivity index (χ1v) is 13.5. The van der Waals surface area contributed by atoms with E-state index < -0.39 is 23.6 Å². The van der Waals surface area contributed by atoms with Crippen LogP contribution in [0.2, 0.25) is 0 Å². The minimum Gasteiger partial charge on any atom is -0.457 e. The molecule has 1 N–H and O–H groups in total. The summed E-state index contributed by atoms with van der Waals surface area (Å²) >= 11 is 0. The van der Waals surface area contributed by atoms with Gasteiger partial charge in [-0.1, -0.05) is 30.3 Å². The summed E-state index contributed by atoms with van der Waals surface area (Å²) in [5, 5.41) is 7.24. The van der Waals surface area contributed by atoms with Crippen molar-refractivity contribution in [3.05, 3.63) is 151 Å². The number of nitrogens with one attached hydrogen (secondary N) is 1. The van der Waals surface area contributed by atoms with Gasteiger partial charge in [-0.3, -0.25) is 0 Å². The predicted molar refractivity (Wildman–Crippen MR) is 162 cm³/mol. The van der Waals surface area contributed by atoms with Crippen molar-refractivity contribution < 1.29 is 27.8 Å². The van der Waals surface area contributed by atoms with Gasteiger partial charge in [0.05, 0.1) is 5.56 Å². The summed E-state index contributed by atoms with van der Waals surface area (Å²) in [5.41, 5.74) is 3.21. The van der Waals surface area contributed by atoms with Crippen LogP contribution in [0, 0.1) is 11.6 Å². The highest BCUT2D eigenvalue weighted by Gasteiger charge is 2.17. The van der Waals surface area contributed by atoms with E-state index in [4.69, 9.17) is 9.47 Å². The first-order chi connectivity index (χ1) is 21.4. The minimum atomic E-state index is -0.531. The van der Waals surface area contributed by atoms with E-state index in [-0.39, 0.29) is 0 Å². The molecule has 0 spiro atoms. The van der Waals surface area contributed by atoms with Crippen LogP contribution >= 0.6 is 0 Å². The van der Waals surface area contributed by atoms with E-state index in [0.29, 0.717) is 50.9 Å². The fourth-order valence-electron chi connectivity index (χ4n) is 4.38. The van der Waals surface area contributed by atoms with Gasteiger partial charge < -0.3 is 14.8 Å². The molecule has 7 nitrogen and oxygen atoms in total. The Morgan fingerprint density at radius 2 is 1.18 bits per heavy atom. The van der Waals surface area contributed by atoms with Gasteiger partial charge in [0.1, 0.15) is 34.6 Å². The average molecular weight is 588 g/mol. The quantitative estimate of drug-likeness (QED) is 0.149. The number of anilines is 1. The van der Waals surface area contributed by atoms with E-state index in [1.54, 1.807) is 103 Å². The zero-order valence-electron chi connectivity index (χ0n) is 23.0. The molecule has 0 atom stereocenters. The van der Waals surface area contributed by atoms with E-state index in [9.17, 15) is 18.4 Å². The highest BCUT2D eigenvalue weighted by atomic mass is 19.1. The van der Waals surface area contributed by atoms with Crippen molar-refractivity contribution in [3.63, 3.8) is 0 Å². The molecule has 0 saturated carbocycles. The lowest BCUT2D eigenvalue weighted by molar-refractivity contribution is 0.0734. The molecule has 0 saturated heterocycles. The van der Waals surface area contributed by atoms with Crippen LogP contribution in [0.3, 0.4) is 0 Å². The Bertz CT molecular complexity index is 1840. The smallest absolute Gasteiger partial charge is 0.346 e. The number of carbonyl (C=O) groups is 2. The molecule has 0 aliphatic heterocycles. The number of aromatic nitrogens is 2. The van der Waals surface area contributed by atoms with Crippen molar-refractivity contribution in [2.75, 3.05) is 5.32 Å². The number of esters is 1. The maximum atomic E-state index is 13.6. The lowest BCUT2D eigenvalue weighted by Crippen LogP contribution is -2.19. The van der Waals surface area contributed by atoms with E-state index in [1.807, 2.05) is 6.07 Å². The summed E-state index contributed by atoms with van der Waals surface area (Å²) in [4.78, 5) is 25.4. The molecule has 0 radical (unpaired) electrons. The highest BCUT2D eigenvalue weighted by molar-refractivity contribution is 5.93. The third-order valence-corrected chi connectivity index (χ3v) is 6.58. The maximum absolute atomic E-state index is 13.6. The van der Waals surface area contributed by atoms with Crippen LogP contribution in [0.4, 0.5) is 19.3 Å². The van der Waals surface area contributed by atoms with Crippen LogP contribution in [-0.2, 0) is 0 Å². The van der Waals surface area contributed by atoms with E-state index in [1.165, 1.54) is 24.3 Å². The predicted octanol–water partition coefficient (Wildman–Crippen LogP) is 8.59. The number of halogens is 2. The Balaban J connectivity index is 1.13. The first kappa shape index (κ1) is 28.0. The van der Waals surface area contributed by atoms with E-state index in [0.717, 1.165) is 4.68 Å². The summed E-state index contributed by atoms with van der Waals surface area (Å²) in [5.74, 6) is 0.185. The van der Waals surface area contributed by atoms with E-state index in [2.05, 4.69) is 10.4 Å². The van der Waals surface area contributed by atoms with Crippen LogP contribution in [0.15, 0.2) is 134 Å². The molecule has 0 fully saturated rings. The van der Waals surface area contributed by atoms with Crippen molar-refractivity contribution in [2.24, 2.45) is 0 Å². The van der Waals surface area contributed by atoms with Gasteiger partial charge in [0.25, 0.3) is 0 Å². The van der Waals surface area contributed by atoms with Crippen molar-refractivity contribution in [1.29, 1.82) is 0 Å². The van der Waals surface area contributed by atoms with Crippen molar-refractivity contribution in [3.8, 4) is 39.6 Å². The highest BCUT2D eigenvalue weighted by Crippen LogP contribution is 2.32. The number of hydrogen-bond acceptors (Lipinski definition) is 5. The average Bonchev–Trinajstić information content (AvgIpc) is 3.50. The molecule has 216 valence electrons. The molecule has 1 heterocycles. The number of carbonyl (C=O) groups excluding carboxylic acids is 2. The monoisotopic (exact) mass is 587 g/mol. The lowest BCUT2D eigenvalue weighted by Gasteiger charge is -2.09. The van der Waals surface area contributed by atoms with Gasteiger partial charge >= 0.3 is 12.0 Å². The lowest BCUT2D eigenvalue weighted by atomic mass is 10.0. The van der Waals surface area contributed by atoms with Crippen molar-refractivity contribution in [2.45, 2.75) is 0 Å². The molecule has 1 aromatic heterocycles. The Morgan fingerprint density at radius 1 is 0.636 bits per heavy atom. The molecular formula is C35H23F2N3O4. The topological polar surface area (TPSA) is 82.5 Å². The summed E-state index contributed by atoms with van der Waals surface area (Å²) in [6, 6.07) is 33.1. The second kappa shape index (κ2) is 12.4. The van der Waals surface area contributed by atoms with Gasteiger partial charge in [0, 0.05) is 23.0 Å². The zero-order chi connectivity index (χ0) is 30.5. The molecule has 6 rings (SSSR count). The van der Waals surface area contributed by atoms with Gasteiger partial charge in [0.15, 0.2) is 0 Å². The summed E-state index contributed by atoms with van der Waals surface area (Å²) in [6.07, 6.45) is 1.54. The largest absolute Gasteiger partial charge is 0.457 e. The van der Waals surface area contributed by atoms with Gasteiger partial charge in [-0.25, -0.2) is 18.4 Å². The van der Waals surface area contributed by atoms with Crippen LogP contribution in [-0.4, -0.2) is 21.8 Å². The van der Waals surface area contributed by atoms with Crippen LogP contribution < -0.4 is 14.8 Å². The Labute approximate surface area is 250 Å². The minimum absolute atomic E-state index is 0.382. The molecule has 0 bridgehead atoms. The standard InChI is InChI=1S/C35H23F2N3O4/c36-26-10-6-23(7-11-26)32-22-40(39-33(32)24-8-12-27(37)13-9-24)35(42)38-28-14-16-29(17-15-28)43-30-18-20-31(21-19-30)44-34(41)25-4-2-1-3-5-25/h1-22H,(H,38,42). The second-order valence-electron chi connectivity index (χ2n) is 9.63. The molecule has 0 aliphatic carbocycles. The van der Waals surface area contributed by atoms with Crippen LogP contribution in [0.5, 0.6) is 17.2 Å². The number of nitrogens with zero attached hydrogens (tertiary/aromatic N) is 2. The van der Waals surface area contributed by atoms with Gasteiger partial charge in [0.2, 0.25) is 0 Å². The number of ether oxygens (including phenoxy) is 2. The third kappa shape index (κ3) is 6.52. The number of benzene rings is 5. The molecule has 44 heavy (non-hydrogen) atoms. The number of amides is 1. The molecule has 5 aromatic carbocycles. The SMILES string of the molecule is O=C(Oc1ccc(Oc2ccc(NC(=O)n3cc(-c4ccc(F)cc4)c(-c4ccc(F)cc4)n3)cc2)cc1)c1ccccc1. The molecule has 0 aliphatic rings. The third-order valence-electron chi connectivity index (χ3n) is 6.58.